The van der Waals surface area contributed by atoms with Gasteiger partial charge in [-0.2, -0.15) is 0 Å². The molecule has 0 bridgehead atoms. The van der Waals surface area contributed by atoms with E-state index >= 15 is 0 Å². The van der Waals surface area contributed by atoms with Crippen LogP contribution in [0.5, 0.6) is 0 Å². The zero-order valence-electron chi connectivity index (χ0n) is 42.8. The van der Waals surface area contributed by atoms with Crippen LogP contribution in [0.2, 0.25) is 0 Å². The zero-order valence-corrected chi connectivity index (χ0v) is 47.6. The molecule has 5 N–H and O–H groups in total. The number of ether oxygens (including phenoxy) is 1. The van der Waals surface area contributed by atoms with Gasteiger partial charge >= 0.3 is 6.09 Å². The minimum Gasteiger partial charge on any atom is -0.444 e. The summed E-state index contributed by atoms with van der Waals surface area (Å²) in [6, 6.07) is 25.8. The molecule has 21 heteroatoms. The maximum absolute atomic E-state index is 13.8. The van der Waals surface area contributed by atoms with Crippen molar-refractivity contribution in [1.82, 2.24) is 29.8 Å². The van der Waals surface area contributed by atoms with Gasteiger partial charge in [-0.15, -0.1) is 0 Å². The number of rotatable bonds is 22. The van der Waals surface area contributed by atoms with Gasteiger partial charge in [-0.1, -0.05) is 67.5 Å². The molecule has 398 valence electrons. The summed E-state index contributed by atoms with van der Waals surface area (Å²) in [6.45, 7) is 13.6. The summed E-state index contributed by atoms with van der Waals surface area (Å²) in [5.74, 6) is -1.66. The normalized spacial score (nSPS) is 14.7. The molecule has 0 saturated carbocycles. The Hall–Kier alpha value is -5.00. The van der Waals surface area contributed by atoms with Gasteiger partial charge in [0.05, 0.1) is 11.4 Å². The minimum atomic E-state index is -0.693. The summed E-state index contributed by atoms with van der Waals surface area (Å²) < 4.78 is 6.94. The number of benzene rings is 4. The Labute approximate surface area is 460 Å². The molecule has 4 aromatic carbocycles. The van der Waals surface area contributed by atoms with Crippen LogP contribution in [0.15, 0.2) is 113 Å². The third-order valence-electron chi connectivity index (χ3n) is 11.9. The summed E-state index contributed by atoms with van der Waals surface area (Å²) >= 11 is 9.93. The Kier molecular flexibility index (Phi) is 22.7. The molecular formula is C53H68Br2N10O7S2. The van der Waals surface area contributed by atoms with Crippen LogP contribution in [0, 0.1) is 0 Å². The molecule has 6 rings (SSSR count). The molecule has 0 atom stereocenters. The Balaban J connectivity index is 1.07. The maximum Gasteiger partial charge on any atom is 0.407 e. The lowest BCUT2D eigenvalue weighted by molar-refractivity contribution is -0.137. The Morgan fingerprint density at radius 1 is 0.581 bits per heavy atom. The molecule has 6 amide bonds. The van der Waals surface area contributed by atoms with E-state index in [0.29, 0.717) is 48.7 Å². The summed E-state index contributed by atoms with van der Waals surface area (Å²) in [4.78, 5) is 93.3. The van der Waals surface area contributed by atoms with E-state index in [1.807, 2.05) is 48.5 Å². The molecule has 4 aromatic rings. The van der Waals surface area contributed by atoms with Crippen molar-refractivity contribution in [3.05, 3.63) is 93.9 Å². The number of piperazine rings is 2. The van der Waals surface area contributed by atoms with Crippen LogP contribution in [0.4, 0.5) is 27.5 Å². The molecule has 2 aliphatic heterocycles. The highest BCUT2D eigenvalue weighted by atomic mass is 79.9. The van der Waals surface area contributed by atoms with Crippen molar-refractivity contribution in [2.75, 3.05) is 120 Å². The van der Waals surface area contributed by atoms with Crippen LogP contribution in [0.1, 0.15) is 46.5 Å². The fraction of sp³-hybridized carbons (Fsp3) is 0.434. The van der Waals surface area contributed by atoms with Gasteiger partial charge in [0.2, 0.25) is 29.5 Å². The van der Waals surface area contributed by atoms with Gasteiger partial charge in [0.25, 0.3) is 0 Å². The molecule has 2 fully saturated rings. The van der Waals surface area contributed by atoms with E-state index in [0.717, 1.165) is 80.9 Å². The average molecular weight is 1180 g/mol. The van der Waals surface area contributed by atoms with Gasteiger partial charge in [0, 0.05) is 131 Å². The number of hydrogen-bond acceptors (Lipinski definition) is 13. The van der Waals surface area contributed by atoms with Crippen LogP contribution >= 0.6 is 55.4 Å². The highest BCUT2D eigenvalue weighted by Gasteiger charge is 2.23. The molecule has 0 spiro atoms. The van der Waals surface area contributed by atoms with E-state index in [1.54, 1.807) is 57.2 Å². The van der Waals surface area contributed by atoms with Gasteiger partial charge in [-0.25, -0.2) is 4.79 Å². The topological polar surface area (TPSA) is 188 Å². The lowest BCUT2D eigenvalue weighted by Crippen LogP contribution is -2.45. The van der Waals surface area contributed by atoms with Crippen molar-refractivity contribution < 1.29 is 33.5 Å². The van der Waals surface area contributed by atoms with Crippen LogP contribution in [-0.2, 0) is 28.7 Å². The Morgan fingerprint density at radius 3 is 1.46 bits per heavy atom. The lowest BCUT2D eigenvalue weighted by atomic mass is 10.2. The quantitative estimate of drug-likeness (QED) is 0.0473. The number of anilines is 4. The second kappa shape index (κ2) is 28.8. The molecule has 2 aliphatic rings. The average Bonchev–Trinajstić information content (AvgIpc) is 3.33. The predicted molar refractivity (Wildman–Crippen MR) is 301 cm³/mol. The van der Waals surface area contributed by atoms with Crippen LogP contribution in [0.3, 0.4) is 0 Å². The summed E-state index contributed by atoms with van der Waals surface area (Å²) in [7, 11) is 4.20. The number of nitrogens with zero attached hydrogens (tertiary/aromatic N) is 5. The highest BCUT2D eigenvalue weighted by molar-refractivity contribution is 9.10. The number of halogens is 2. The molecule has 0 aliphatic carbocycles. The van der Waals surface area contributed by atoms with Crippen molar-refractivity contribution in [3.63, 3.8) is 0 Å². The number of likely N-dealkylation sites (N-methyl/N-ethyl adjacent to an activating group) is 2. The largest absolute Gasteiger partial charge is 0.444 e. The fourth-order valence-electron chi connectivity index (χ4n) is 7.88. The van der Waals surface area contributed by atoms with Crippen molar-refractivity contribution in [1.29, 1.82) is 0 Å². The first-order valence-electron chi connectivity index (χ1n) is 24.7. The van der Waals surface area contributed by atoms with E-state index in [9.17, 15) is 28.8 Å². The standard InChI is InChI=1S/C53H68Br2N10O7S2/c1-53(2,3)72-52(71)56-20-8-13-51(70)65(35-49(68)57-39-9-6-11-41(33-39)73-45-16-14-37(54)31-43(45)59-47(66)18-21-63-27-23-61(4)24-28-63)36-50(69)58-40-10-7-12-42(34-40)74-46-17-15-38(55)32-44(46)60-48(67)19-22-64-29-25-62(5)26-30-64/h6-7,9-12,14-17,31-34H,8,13,18-30,35-36H2,1-5H3,(H,56,71)(H,57,68)(H,58,69)(H,59,66)(H,60,67). The minimum absolute atomic E-state index is 0.0571. The molecule has 0 radical (unpaired) electrons. The van der Waals surface area contributed by atoms with E-state index in [2.05, 4.69) is 92.1 Å². The summed E-state index contributed by atoms with van der Waals surface area (Å²) in [5, 5.41) is 14.6. The number of carbonyl (C=O) groups is 6. The predicted octanol–water partition coefficient (Wildman–Crippen LogP) is 8.38. The fourth-order valence-corrected chi connectivity index (χ4v) is 10.5. The monoisotopic (exact) mass is 1180 g/mol. The molecule has 74 heavy (non-hydrogen) atoms. The van der Waals surface area contributed by atoms with E-state index in [1.165, 1.54) is 28.4 Å². The van der Waals surface area contributed by atoms with E-state index < -0.39 is 42.5 Å². The molecule has 17 nitrogen and oxygen atoms in total. The lowest BCUT2D eigenvalue weighted by Gasteiger charge is -2.32. The van der Waals surface area contributed by atoms with Gasteiger partial charge in [0.1, 0.15) is 18.7 Å². The molecule has 2 heterocycles. The maximum atomic E-state index is 13.8. The Morgan fingerprint density at radius 2 is 1.03 bits per heavy atom. The first kappa shape index (κ1) is 58.3. The first-order valence-corrected chi connectivity index (χ1v) is 27.9. The number of nitrogens with one attached hydrogen (secondary N) is 5. The van der Waals surface area contributed by atoms with Crippen molar-refractivity contribution in [3.8, 4) is 0 Å². The highest BCUT2D eigenvalue weighted by Crippen LogP contribution is 2.38. The second-order valence-corrected chi connectivity index (χ2v) is 23.4. The number of amides is 6. The van der Waals surface area contributed by atoms with Gasteiger partial charge < -0.3 is 55.8 Å². The van der Waals surface area contributed by atoms with Crippen molar-refractivity contribution in [2.45, 2.75) is 71.6 Å². The smallest absolute Gasteiger partial charge is 0.407 e. The number of hydrogen-bond donors (Lipinski definition) is 5. The zero-order chi connectivity index (χ0) is 53.2. The van der Waals surface area contributed by atoms with Crippen LogP contribution in [0.25, 0.3) is 0 Å². The molecule has 0 unspecified atom stereocenters. The SMILES string of the molecule is CN1CCN(CCC(=O)Nc2cc(Br)ccc2Sc2cccc(NC(=O)CN(CC(=O)Nc3cccc(Sc4ccc(Br)cc4NC(=O)CCN4CCN(C)CC4)c3)C(=O)CCCNC(=O)OC(C)(C)C)c2)CC1. The summed E-state index contributed by atoms with van der Waals surface area (Å²) in [5.41, 5.74) is 1.58. The third kappa shape index (κ3) is 20.6. The van der Waals surface area contributed by atoms with Crippen LogP contribution in [-0.4, -0.2) is 165 Å². The van der Waals surface area contributed by atoms with Gasteiger partial charge in [0.15, 0.2) is 0 Å². The third-order valence-corrected chi connectivity index (χ3v) is 15.0. The Bertz CT molecular complexity index is 2440. The van der Waals surface area contributed by atoms with Gasteiger partial charge in [-0.05, 0) is 114 Å². The second-order valence-electron chi connectivity index (χ2n) is 19.3. The van der Waals surface area contributed by atoms with E-state index in [-0.39, 0.29) is 31.2 Å². The number of alkyl carbamates (subject to hydrolysis) is 1. The summed E-state index contributed by atoms with van der Waals surface area (Å²) in [6.07, 6.45) is 0.302. The van der Waals surface area contributed by atoms with E-state index in [4.69, 9.17) is 4.74 Å². The molecular weight excluding hydrogens is 1110 g/mol. The molecule has 2 saturated heterocycles. The molecule has 0 aromatic heterocycles. The van der Waals surface area contributed by atoms with Crippen molar-refractivity contribution in [2.24, 2.45) is 0 Å². The van der Waals surface area contributed by atoms with Gasteiger partial charge in [-0.3, -0.25) is 24.0 Å². The number of carbonyl (C=O) groups excluding carboxylic acids is 6. The van der Waals surface area contributed by atoms with Crippen molar-refractivity contribution >= 4 is 114 Å². The van der Waals surface area contributed by atoms with Crippen LogP contribution < -0.4 is 26.6 Å². The first-order chi connectivity index (χ1) is 35.3.